The van der Waals surface area contributed by atoms with E-state index in [-0.39, 0.29) is 12.1 Å². The van der Waals surface area contributed by atoms with Crippen LogP contribution in [0.25, 0.3) is 0 Å². The Morgan fingerprint density at radius 2 is 2.09 bits per heavy atom. The fourth-order valence-electron chi connectivity index (χ4n) is 3.26. The van der Waals surface area contributed by atoms with Crippen LogP contribution in [0.2, 0.25) is 0 Å². The Labute approximate surface area is 134 Å². The van der Waals surface area contributed by atoms with Crippen LogP contribution in [0, 0.1) is 0 Å². The summed E-state index contributed by atoms with van der Waals surface area (Å²) < 4.78 is 11.1. The van der Waals surface area contributed by atoms with Crippen LogP contribution in [0.5, 0.6) is 0 Å². The van der Waals surface area contributed by atoms with Crippen molar-refractivity contribution in [1.82, 2.24) is 10.2 Å². The highest BCUT2D eigenvalue weighted by molar-refractivity contribution is 5.68. The van der Waals surface area contributed by atoms with E-state index >= 15 is 0 Å². The third-order valence-electron chi connectivity index (χ3n) is 4.38. The molecule has 2 fully saturated rings. The van der Waals surface area contributed by atoms with Gasteiger partial charge in [0.2, 0.25) is 0 Å². The van der Waals surface area contributed by atoms with Crippen molar-refractivity contribution in [2.45, 2.75) is 83.6 Å². The third-order valence-corrected chi connectivity index (χ3v) is 4.38. The Morgan fingerprint density at radius 1 is 1.32 bits per heavy atom. The monoisotopic (exact) mass is 312 g/mol. The molecule has 0 radical (unpaired) electrons. The van der Waals surface area contributed by atoms with Crippen molar-refractivity contribution >= 4 is 6.09 Å². The summed E-state index contributed by atoms with van der Waals surface area (Å²) in [5.74, 6) is 0. The van der Waals surface area contributed by atoms with E-state index in [9.17, 15) is 4.79 Å². The Hall–Kier alpha value is -0.810. The van der Waals surface area contributed by atoms with Gasteiger partial charge in [-0.1, -0.05) is 0 Å². The molecule has 1 N–H and O–H groups in total. The third kappa shape index (κ3) is 5.43. The summed E-state index contributed by atoms with van der Waals surface area (Å²) in [6, 6.07) is 0.757. The number of hydrogen-bond donors (Lipinski definition) is 1. The van der Waals surface area contributed by atoms with Crippen molar-refractivity contribution in [2.24, 2.45) is 0 Å². The minimum absolute atomic E-state index is 0.167. The topological polar surface area (TPSA) is 50.8 Å². The molecule has 5 nitrogen and oxygen atoms in total. The van der Waals surface area contributed by atoms with E-state index in [1.807, 2.05) is 25.7 Å². The fourth-order valence-corrected chi connectivity index (χ4v) is 3.26. The van der Waals surface area contributed by atoms with E-state index in [0.29, 0.717) is 12.1 Å². The summed E-state index contributed by atoms with van der Waals surface area (Å²) in [5.41, 5.74) is -0.428. The highest BCUT2D eigenvalue weighted by Gasteiger charge is 2.31. The summed E-state index contributed by atoms with van der Waals surface area (Å²) in [4.78, 5) is 14.3. The van der Waals surface area contributed by atoms with E-state index in [1.165, 1.54) is 6.42 Å². The van der Waals surface area contributed by atoms with Crippen LogP contribution in [0.4, 0.5) is 4.79 Å². The molecule has 2 aliphatic rings. The van der Waals surface area contributed by atoms with Crippen LogP contribution < -0.4 is 5.32 Å². The van der Waals surface area contributed by atoms with Crippen LogP contribution in [0.1, 0.15) is 59.8 Å². The molecule has 2 rings (SSSR count). The quantitative estimate of drug-likeness (QED) is 0.870. The summed E-state index contributed by atoms with van der Waals surface area (Å²) >= 11 is 0. The number of piperidine rings is 1. The molecule has 0 saturated carbocycles. The Bertz CT molecular complexity index is 367. The lowest BCUT2D eigenvalue weighted by atomic mass is 10.0. The molecule has 2 saturated heterocycles. The van der Waals surface area contributed by atoms with E-state index < -0.39 is 5.60 Å². The molecule has 2 heterocycles. The molecule has 0 spiro atoms. The lowest BCUT2D eigenvalue weighted by Crippen LogP contribution is -2.52. The minimum atomic E-state index is -0.428. The zero-order chi connectivity index (χ0) is 16.2. The minimum Gasteiger partial charge on any atom is -0.444 e. The maximum absolute atomic E-state index is 12.4. The summed E-state index contributed by atoms with van der Waals surface area (Å²) in [6.45, 7) is 10.4. The van der Waals surface area contributed by atoms with Gasteiger partial charge in [0.1, 0.15) is 5.60 Å². The lowest BCUT2D eigenvalue weighted by molar-refractivity contribution is 0.00249. The van der Waals surface area contributed by atoms with Gasteiger partial charge in [-0.25, -0.2) is 4.79 Å². The van der Waals surface area contributed by atoms with Crippen molar-refractivity contribution < 1.29 is 14.3 Å². The van der Waals surface area contributed by atoms with Gasteiger partial charge in [-0.15, -0.1) is 0 Å². The molecule has 22 heavy (non-hydrogen) atoms. The highest BCUT2D eigenvalue weighted by Crippen LogP contribution is 2.21. The molecule has 0 aromatic carbocycles. The van der Waals surface area contributed by atoms with Crippen molar-refractivity contribution in [1.29, 1.82) is 0 Å². The van der Waals surface area contributed by atoms with Gasteiger partial charge >= 0.3 is 6.09 Å². The highest BCUT2D eigenvalue weighted by atomic mass is 16.6. The average molecular weight is 312 g/mol. The van der Waals surface area contributed by atoms with Crippen LogP contribution >= 0.6 is 0 Å². The molecule has 128 valence electrons. The van der Waals surface area contributed by atoms with Crippen LogP contribution in [-0.4, -0.2) is 54.5 Å². The number of rotatable bonds is 3. The predicted octanol–water partition coefficient (Wildman–Crippen LogP) is 2.93. The maximum atomic E-state index is 12.4. The second kappa shape index (κ2) is 7.64. The largest absolute Gasteiger partial charge is 0.444 e. The van der Waals surface area contributed by atoms with Crippen LogP contribution in [-0.2, 0) is 9.47 Å². The Balaban J connectivity index is 1.85. The molecule has 0 aromatic heterocycles. The number of likely N-dealkylation sites (tertiary alicyclic amines) is 1. The first-order valence-electron chi connectivity index (χ1n) is 8.70. The van der Waals surface area contributed by atoms with Gasteiger partial charge in [-0.2, -0.15) is 0 Å². The SMILES string of the molecule is CC1CC(NCC2CCCCN2C(=O)OC(C)(C)C)CCO1. The van der Waals surface area contributed by atoms with E-state index in [0.717, 1.165) is 45.4 Å². The number of nitrogens with one attached hydrogen (secondary N) is 1. The van der Waals surface area contributed by atoms with Gasteiger partial charge in [0.15, 0.2) is 0 Å². The molecule has 0 bridgehead atoms. The number of amides is 1. The summed E-state index contributed by atoms with van der Waals surface area (Å²) in [5, 5.41) is 3.64. The van der Waals surface area contributed by atoms with Crippen molar-refractivity contribution in [2.75, 3.05) is 19.7 Å². The van der Waals surface area contributed by atoms with E-state index in [4.69, 9.17) is 9.47 Å². The summed E-state index contributed by atoms with van der Waals surface area (Å²) in [7, 11) is 0. The standard InChI is InChI=1S/C17H32N2O3/c1-13-11-14(8-10-21-13)18-12-15-7-5-6-9-19(15)16(20)22-17(2,3)4/h13-15,18H,5-12H2,1-4H3. The smallest absolute Gasteiger partial charge is 0.410 e. The zero-order valence-electron chi connectivity index (χ0n) is 14.6. The average Bonchev–Trinajstić information content (AvgIpc) is 2.44. The number of ether oxygens (including phenoxy) is 2. The van der Waals surface area contributed by atoms with Crippen LogP contribution in [0.15, 0.2) is 0 Å². The van der Waals surface area contributed by atoms with E-state index in [2.05, 4.69) is 12.2 Å². The first-order valence-corrected chi connectivity index (χ1v) is 8.70. The predicted molar refractivity (Wildman–Crippen MR) is 87.0 cm³/mol. The molecule has 2 aliphatic heterocycles. The zero-order valence-corrected chi connectivity index (χ0v) is 14.6. The first kappa shape index (κ1) is 17.5. The molecule has 5 heteroatoms. The molecular formula is C17H32N2O3. The summed E-state index contributed by atoms with van der Waals surface area (Å²) in [6.07, 6.45) is 5.60. The molecular weight excluding hydrogens is 280 g/mol. The first-order chi connectivity index (χ1) is 10.3. The second-order valence-corrected chi connectivity index (χ2v) is 7.63. The maximum Gasteiger partial charge on any atom is 0.410 e. The molecule has 3 unspecified atom stereocenters. The van der Waals surface area contributed by atoms with E-state index in [1.54, 1.807) is 0 Å². The number of carbonyl (C=O) groups is 1. The van der Waals surface area contributed by atoms with Gasteiger partial charge in [0.25, 0.3) is 0 Å². The van der Waals surface area contributed by atoms with Gasteiger partial charge in [-0.3, -0.25) is 0 Å². The second-order valence-electron chi connectivity index (χ2n) is 7.63. The number of hydrogen-bond acceptors (Lipinski definition) is 4. The number of carbonyl (C=O) groups excluding carboxylic acids is 1. The van der Waals surface area contributed by atoms with Gasteiger partial charge in [0, 0.05) is 31.8 Å². The normalized spacial score (nSPS) is 30.2. The molecule has 1 amide bonds. The lowest BCUT2D eigenvalue weighted by Gasteiger charge is -2.38. The number of nitrogens with zero attached hydrogens (tertiary/aromatic N) is 1. The van der Waals surface area contributed by atoms with Gasteiger partial charge < -0.3 is 19.7 Å². The molecule has 0 aliphatic carbocycles. The van der Waals surface area contributed by atoms with Crippen molar-refractivity contribution in [3.05, 3.63) is 0 Å². The van der Waals surface area contributed by atoms with Crippen molar-refractivity contribution in [3.63, 3.8) is 0 Å². The molecule has 3 atom stereocenters. The van der Waals surface area contributed by atoms with Gasteiger partial charge in [0.05, 0.1) is 6.10 Å². The molecule has 0 aromatic rings. The Kier molecular flexibility index (Phi) is 6.09. The van der Waals surface area contributed by atoms with Crippen LogP contribution in [0.3, 0.4) is 0 Å². The van der Waals surface area contributed by atoms with Crippen molar-refractivity contribution in [3.8, 4) is 0 Å². The Morgan fingerprint density at radius 3 is 2.77 bits per heavy atom. The fraction of sp³-hybridized carbons (Fsp3) is 0.941. The van der Waals surface area contributed by atoms with Gasteiger partial charge in [-0.05, 0) is 59.8 Å².